The second-order valence-electron chi connectivity index (χ2n) is 16.1. The van der Waals surface area contributed by atoms with E-state index >= 15 is 0 Å². The van der Waals surface area contributed by atoms with Crippen molar-refractivity contribution in [3.05, 3.63) is 0 Å². The van der Waals surface area contributed by atoms with E-state index < -0.39 is 0 Å². The molecular formula is C41H78B2S2. The molecule has 2 aliphatic rings. The molecule has 0 heterocycles. The minimum Gasteiger partial charge on any atom is -0.179 e. The molecule has 0 N–H and O–H groups in total. The topological polar surface area (TPSA) is 0 Å². The minimum absolute atomic E-state index is 0.829. The lowest BCUT2D eigenvalue weighted by atomic mass is 9.72. The lowest BCUT2D eigenvalue weighted by Gasteiger charge is -2.33. The van der Waals surface area contributed by atoms with Gasteiger partial charge in [-0.2, -0.15) is 25.3 Å². The van der Waals surface area contributed by atoms with Gasteiger partial charge in [-0.05, 0) is 111 Å². The van der Waals surface area contributed by atoms with Gasteiger partial charge in [0.25, 0.3) is 0 Å². The van der Waals surface area contributed by atoms with Gasteiger partial charge in [0.1, 0.15) is 0 Å². The molecule has 0 nitrogen and oxygen atoms in total. The van der Waals surface area contributed by atoms with E-state index in [0.717, 1.165) is 65.6 Å². The van der Waals surface area contributed by atoms with E-state index in [1.54, 1.807) is 0 Å². The van der Waals surface area contributed by atoms with E-state index in [2.05, 4.69) is 32.2 Å². The molecule has 2 saturated carbocycles. The van der Waals surface area contributed by atoms with Gasteiger partial charge in [0.2, 0.25) is 0 Å². The van der Waals surface area contributed by atoms with Crippen LogP contribution in [0.15, 0.2) is 0 Å². The lowest BCUT2D eigenvalue weighted by Crippen LogP contribution is -2.21. The van der Waals surface area contributed by atoms with Crippen molar-refractivity contribution in [2.45, 2.75) is 206 Å². The fourth-order valence-corrected chi connectivity index (χ4v) is 10.1. The van der Waals surface area contributed by atoms with Gasteiger partial charge in [-0.3, -0.25) is 0 Å². The van der Waals surface area contributed by atoms with Crippen molar-refractivity contribution in [3.8, 4) is 0 Å². The van der Waals surface area contributed by atoms with E-state index in [-0.39, 0.29) is 0 Å². The molecule has 0 spiro atoms. The predicted molar refractivity (Wildman–Crippen MR) is 213 cm³/mol. The van der Waals surface area contributed by atoms with Gasteiger partial charge in [-0.1, -0.05) is 148 Å². The summed E-state index contributed by atoms with van der Waals surface area (Å²) in [5.74, 6) is 8.45. The molecule has 0 aromatic carbocycles. The fraction of sp³-hybridized carbons (Fsp3) is 1.00. The van der Waals surface area contributed by atoms with Crippen molar-refractivity contribution in [2.75, 3.05) is 11.5 Å². The van der Waals surface area contributed by atoms with Gasteiger partial charge in [0.05, 0.1) is 15.7 Å². The Kier molecular flexibility index (Phi) is 26.7. The van der Waals surface area contributed by atoms with Crippen molar-refractivity contribution in [3.63, 3.8) is 0 Å². The van der Waals surface area contributed by atoms with Gasteiger partial charge in [0.15, 0.2) is 0 Å². The first-order valence-corrected chi connectivity index (χ1v) is 22.0. The molecule has 0 amide bonds. The maximum absolute atomic E-state index is 6.35. The first-order valence-electron chi connectivity index (χ1n) is 20.7. The van der Waals surface area contributed by atoms with Crippen LogP contribution < -0.4 is 0 Å². The average Bonchev–Trinajstić information content (AvgIpc) is 3.25. The van der Waals surface area contributed by atoms with Crippen LogP contribution in [-0.4, -0.2) is 27.2 Å². The standard InChI is InChI=1S/C41H78B2S2/c1-2-40(41-25-24-37(22-15-29-44)32-38(34-41)23-16-30-45)33-39(26-28-43)31-36-19-11-9-7-5-3-4-6-8-10-17-35(20-14-21-36)18-12-13-27-42/h35-41,44-45H,2-34H2,1H3. The smallest absolute Gasteiger partial charge is 0.0653 e. The maximum atomic E-state index is 6.35. The molecule has 4 heteroatoms. The quantitative estimate of drug-likeness (QED) is 0.0624. The number of hydrogen-bond donors (Lipinski definition) is 2. The van der Waals surface area contributed by atoms with Crippen LogP contribution in [0.2, 0.25) is 12.6 Å². The molecule has 7 unspecified atom stereocenters. The second kappa shape index (κ2) is 28.6. The third kappa shape index (κ3) is 20.2. The fourth-order valence-electron chi connectivity index (χ4n) is 9.72. The van der Waals surface area contributed by atoms with Crippen molar-refractivity contribution in [1.29, 1.82) is 0 Å². The molecule has 2 fully saturated rings. The lowest BCUT2D eigenvalue weighted by molar-refractivity contribution is 0.190. The molecule has 2 aliphatic carbocycles. The van der Waals surface area contributed by atoms with Gasteiger partial charge in [-0.25, -0.2) is 0 Å². The third-order valence-corrected chi connectivity index (χ3v) is 13.0. The molecule has 0 saturated heterocycles. The van der Waals surface area contributed by atoms with Crippen LogP contribution in [0.4, 0.5) is 0 Å². The average molecular weight is 657 g/mol. The molecule has 0 aromatic rings. The van der Waals surface area contributed by atoms with Gasteiger partial charge in [-0.15, -0.1) is 0 Å². The molecule has 0 aliphatic heterocycles. The summed E-state index contributed by atoms with van der Waals surface area (Å²) in [4.78, 5) is 0. The largest absolute Gasteiger partial charge is 0.179 e. The molecule has 0 bridgehead atoms. The normalized spacial score (nSPS) is 28.3. The van der Waals surface area contributed by atoms with E-state index in [9.17, 15) is 0 Å². The summed E-state index contributed by atoms with van der Waals surface area (Å²) in [6.45, 7) is 2.51. The zero-order valence-corrected chi connectivity index (χ0v) is 32.2. The number of unbranched alkanes of at least 4 members (excludes halogenated alkanes) is 1. The van der Waals surface area contributed by atoms with Crippen molar-refractivity contribution >= 4 is 41.0 Å². The Labute approximate surface area is 298 Å². The zero-order valence-electron chi connectivity index (χ0n) is 30.4. The number of hydrogen-bond acceptors (Lipinski definition) is 2. The second-order valence-corrected chi connectivity index (χ2v) is 17.0. The summed E-state index contributed by atoms with van der Waals surface area (Å²) >= 11 is 9.15. The Balaban J connectivity index is 2.05. The zero-order chi connectivity index (χ0) is 32.4. The number of rotatable bonds is 18. The number of thiol groups is 2. The summed E-state index contributed by atoms with van der Waals surface area (Å²) < 4.78 is 0. The summed E-state index contributed by atoms with van der Waals surface area (Å²) in [6, 6.07) is 0. The maximum Gasteiger partial charge on any atom is 0.0653 e. The van der Waals surface area contributed by atoms with Crippen LogP contribution in [0.1, 0.15) is 193 Å². The molecule has 7 atom stereocenters. The minimum atomic E-state index is 0.829. The van der Waals surface area contributed by atoms with Crippen molar-refractivity contribution in [2.24, 2.45) is 41.4 Å². The summed E-state index contributed by atoms with van der Waals surface area (Å²) in [5.41, 5.74) is 0. The van der Waals surface area contributed by atoms with E-state index in [1.807, 2.05) is 0 Å². The van der Waals surface area contributed by atoms with E-state index in [4.69, 9.17) is 15.7 Å². The Morgan fingerprint density at radius 2 is 1.13 bits per heavy atom. The molecule has 0 aromatic heterocycles. The van der Waals surface area contributed by atoms with Gasteiger partial charge in [0, 0.05) is 0 Å². The summed E-state index contributed by atoms with van der Waals surface area (Å²) in [7, 11) is 12.2. The van der Waals surface area contributed by atoms with E-state index in [0.29, 0.717) is 0 Å². The van der Waals surface area contributed by atoms with Gasteiger partial charge < -0.3 is 0 Å². The van der Waals surface area contributed by atoms with Crippen molar-refractivity contribution in [1.82, 2.24) is 0 Å². The van der Waals surface area contributed by atoms with Crippen LogP contribution in [0, 0.1) is 41.4 Å². The Bertz CT molecular complexity index is 645. The Morgan fingerprint density at radius 1 is 0.556 bits per heavy atom. The van der Waals surface area contributed by atoms with Crippen LogP contribution in [0.3, 0.4) is 0 Å². The highest BCUT2D eigenvalue weighted by Gasteiger charge is 2.31. The summed E-state index contributed by atoms with van der Waals surface area (Å²) in [6.07, 6.45) is 43.0. The highest BCUT2D eigenvalue weighted by Crippen LogP contribution is 2.43. The third-order valence-electron chi connectivity index (χ3n) is 12.4. The van der Waals surface area contributed by atoms with Crippen LogP contribution >= 0.6 is 25.3 Å². The van der Waals surface area contributed by atoms with E-state index in [1.165, 1.54) is 186 Å². The Morgan fingerprint density at radius 3 is 1.76 bits per heavy atom. The van der Waals surface area contributed by atoms with Crippen LogP contribution in [0.25, 0.3) is 0 Å². The summed E-state index contributed by atoms with van der Waals surface area (Å²) in [5, 5.41) is 0. The highest BCUT2D eigenvalue weighted by molar-refractivity contribution is 7.80. The highest BCUT2D eigenvalue weighted by atomic mass is 32.1. The first-order chi connectivity index (χ1) is 22.1. The molecule has 2 rings (SSSR count). The van der Waals surface area contributed by atoms with Crippen LogP contribution in [-0.2, 0) is 0 Å². The van der Waals surface area contributed by atoms with Crippen molar-refractivity contribution < 1.29 is 0 Å². The predicted octanol–water partition coefficient (Wildman–Crippen LogP) is 13.7. The molecule has 260 valence electrons. The molecular weight excluding hydrogens is 578 g/mol. The van der Waals surface area contributed by atoms with Gasteiger partial charge >= 0.3 is 0 Å². The molecule has 4 radical (unpaired) electrons. The first kappa shape index (κ1) is 42.0. The SMILES string of the molecule is [B]CCCCC1CCCCCCCCCCCC(CC(CC[B])CC(CC)C2CCC(CCCS)CC(CCCS)C2)CCC1. The van der Waals surface area contributed by atoms with Crippen LogP contribution in [0.5, 0.6) is 0 Å². The Hall–Kier alpha value is 0.830. The molecule has 45 heavy (non-hydrogen) atoms. The monoisotopic (exact) mass is 657 g/mol.